The van der Waals surface area contributed by atoms with Gasteiger partial charge in [0, 0.05) is 29.2 Å². The molecule has 1 fully saturated rings. The summed E-state index contributed by atoms with van der Waals surface area (Å²) in [5.41, 5.74) is 1.34. The molecule has 1 N–H and O–H groups in total. The predicted octanol–water partition coefficient (Wildman–Crippen LogP) is 3.53. The Labute approximate surface area is 142 Å². The molecular formula is C17H17BrN2O3. The average molecular weight is 377 g/mol. The number of nitrogens with one attached hydrogen (secondary N) is 1. The van der Waals surface area contributed by atoms with Crippen LogP contribution in [0.4, 0.5) is 5.69 Å². The Hall–Kier alpha value is -2.08. The Morgan fingerprint density at radius 2 is 2.00 bits per heavy atom. The van der Waals surface area contributed by atoms with Crippen LogP contribution in [0.15, 0.2) is 51.7 Å². The molecule has 1 aliphatic rings. The van der Waals surface area contributed by atoms with Gasteiger partial charge in [0.1, 0.15) is 6.26 Å². The average Bonchev–Trinajstić information content (AvgIpc) is 3.09. The van der Waals surface area contributed by atoms with Crippen LogP contribution in [0.3, 0.4) is 0 Å². The van der Waals surface area contributed by atoms with Crippen LogP contribution in [-0.4, -0.2) is 29.8 Å². The summed E-state index contributed by atoms with van der Waals surface area (Å²) >= 11 is 3.39. The van der Waals surface area contributed by atoms with E-state index in [0.29, 0.717) is 31.5 Å². The van der Waals surface area contributed by atoms with Gasteiger partial charge in [0.05, 0.1) is 11.8 Å². The standard InChI is InChI=1S/C17H17BrN2O3/c18-14-2-1-3-15(10-14)19-16(21)12-4-7-20(8-5-12)17(22)13-6-9-23-11-13/h1-3,6,9-12H,4-5,7-8H2,(H,19,21). The van der Waals surface area contributed by atoms with Gasteiger partial charge < -0.3 is 14.6 Å². The third-order valence-corrected chi connectivity index (χ3v) is 4.51. The highest BCUT2D eigenvalue weighted by molar-refractivity contribution is 9.10. The maximum Gasteiger partial charge on any atom is 0.257 e. The normalized spacial score (nSPS) is 15.4. The van der Waals surface area contributed by atoms with E-state index < -0.39 is 0 Å². The van der Waals surface area contributed by atoms with Crippen molar-refractivity contribution in [3.63, 3.8) is 0 Å². The van der Waals surface area contributed by atoms with E-state index in [4.69, 9.17) is 4.42 Å². The van der Waals surface area contributed by atoms with E-state index in [9.17, 15) is 9.59 Å². The van der Waals surface area contributed by atoms with Crippen LogP contribution in [0.1, 0.15) is 23.2 Å². The minimum absolute atomic E-state index is 0.0125. The fraction of sp³-hybridized carbons (Fsp3) is 0.294. The van der Waals surface area contributed by atoms with Crippen molar-refractivity contribution in [3.05, 3.63) is 52.9 Å². The number of piperidine rings is 1. The second kappa shape index (κ2) is 7.00. The molecule has 2 amide bonds. The van der Waals surface area contributed by atoms with E-state index in [-0.39, 0.29) is 17.7 Å². The van der Waals surface area contributed by atoms with E-state index in [1.54, 1.807) is 11.0 Å². The molecule has 6 heteroatoms. The maximum atomic E-state index is 12.3. The van der Waals surface area contributed by atoms with Crippen LogP contribution in [0.5, 0.6) is 0 Å². The number of nitrogens with zero attached hydrogens (tertiary/aromatic N) is 1. The summed E-state index contributed by atoms with van der Waals surface area (Å²) in [6.45, 7) is 1.17. The highest BCUT2D eigenvalue weighted by Gasteiger charge is 2.28. The Bertz CT molecular complexity index is 692. The van der Waals surface area contributed by atoms with Crippen LogP contribution < -0.4 is 5.32 Å². The first-order chi connectivity index (χ1) is 11.1. The zero-order valence-corrected chi connectivity index (χ0v) is 14.1. The molecule has 0 saturated carbocycles. The molecule has 0 atom stereocenters. The third-order valence-electron chi connectivity index (χ3n) is 4.01. The van der Waals surface area contributed by atoms with Gasteiger partial charge in [-0.3, -0.25) is 9.59 Å². The lowest BCUT2D eigenvalue weighted by atomic mass is 9.95. The summed E-state index contributed by atoms with van der Waals surface area (Å²) in [4.78, 5) is 26.3. The van der Waals surface area contributed by atoms with Crippen LogP contribution in [0.2, 0.25) is 0 Å². The number of likely N-dealkylation sites (tertiary alicyclic amines) is 1. The predicted molar refractivity (Wildman–Crippen MR) is 90.1 cm³/mol. The molecule has 0 aliphatic carbocycles. The van der Waals surface area contributed by atoms with Crippen LogP contribution in [0, 0.1) is 5.92 Å². The number of benzene rings is 1. The number of hydrogen-bond donors (Lipinski definition) is 1. The summed E-state index contributed by atoms with van der Waals surface area (Å²) in [5.74, 6) is -0.0921. The first-order valence-electron chi connectivity index (χ1n) is 7.51. The number of rotatable bonds is 3. The van der Waals surface area contributed by atoms with E-state index in [0.717, 1.165) is 10.2 Å². The lowest BCUT2D eigenvalue weighted by molar-refractivity contribution is -0.121. The number of amides is 2. The zero-order chi connectivity index (χ0) is 16.2. The lowest BCUT2D eigenvalue weighted by Crippen LogP contribution is -2.41. The maximum absolute atomic E-state index is 12.3. The zero-order valence-electron chi connectivity index (χ0n) is 12.5. The quantitative estimate of drug-likeness (QED) is 0.890. The number of halogens is 1. The largest absolute Gasteiger partial charge is 0.472 e. The molecule has 120 valence electrons. The smallest absolute Gasteiger partial charge is 0.257 e. The highest BCUT2D eigenvalue weighted by Crippen LogP contribution is 2.22. The minimum Gasteiger partial charge on any atom is -0.472 e. The molecule has 1 aliphatic heterocycles. The minimum atomic E-state index is -0.0672. The number of hydrogen-bond acceptors (Lipinski definition) is 3. The van der Waals surface area contributed by atoms with Gasteiger partial charge in [-0.25, -0.2) is 0 Å². The molecular weight excluding hydrogens is 360 g/mol. The van der Waals surface area contributed by atoms with Gasteiger partial charge in [0.2, 0.25) is 5.91 Å². The van der Waals surface area contributed by atoms with Crippen LogP contribution >= 0.6 is 15.9 Å². The topological polar surface area (TPSA) is 62.6 Å². The molecule has 0 unspecified atom stereocenters. The van der Waals surface area contributed by atoms with Crippen molar-refractivity contribution in [2.75, 3.05) is 18.4 Å². The Balaban J connectivity index is 1.54. The lowest BCUT2D eigenvalue weighted by Gasteiger charge is -2.31. The molecule has 0 spiro atoms. The number of anilines is 1. The fourth-order valence-corrected chi connectivity index (χ4v) is 3.12. The van der Waals surface area contributed by atoms with Crippen molar-refractivity contribution < 1.29 is 14.0 Å². The molecule has 1 aromatic heterocycles. The van der Waals surface area contributed by atoms with Gasteiger partial charge in [0.15, 0.2) is 0 Å². The summed E-state index contributed by atoms with van der Waals surface area (Å²) in [6, 6.07) is 9.19. The van der Waals surface area contributed by atoms with E-state index in [2.05, 4.69) is 21.2 Å². The molecule has 2 aromatic rings. The molecule has 1 aromatic carbocycles. The molecule has 0 bridgehead atoms. The highest BCUT2D eigenvalue weighted by atomic mass is 79.9. The van der Waals surface area contributed by atoms with Crippen molar-refractivity contribution in [2.45, 2.75) is 12.8 Å². The first-order valence-corrected chi connectivity index (χ1v) is 8.30. The SMILES string of the molecule is O=C(Nc1cccc(Br)c1)C1CCN(C(=O)c2ccoc2)CC1. The summed E-state index contributed by atoms with van der Waals surface area (Å²) in [6.07, 6.45) is 4.28. The number of furan rings is 1. The van der Waals surface area contributed by atoms with Crippen molar-refractivity contribution in [1.82, 2.24) is 4.90 Å². The van der Waals surface area contributed by atoms with Gasteiger partial charge >= 0.3 is 0 Å². The van der Waals surface area contributed by atoms with E-state index >= 15 is 0 Å². The van der Waals surface area contributed by atoms with Gasteiger partial charge in [-0.2, -0.15) is 0 Å². The van der Waals surface area contributed by atoms with Gasteiger partial charge in [-0.05, 0) is 37.1 Å². The van der Waals surface area contributed by atoms with E-state index in [1.165, 1.54) is 12.5 Å². The van der Waals surface area contributed by atoms with Gasteiger partial charge in [-0.1, -0.05) is 22.0 Å². The molecule has 23 heavy (non-hydrogen) atoms. The van der Waals surface area contributed by atoms with Gasteiger partial charge in [0.25, 0.3) is 5.91 Å². The van der Waals surface area contributed by atoms with Crippen LogP contribution in [0.25, 0.3) is 0 Å². The second-order valence-electron chi connectivity index (χ2n) is 5.58. The van der Waals surface area contributed by atoms with Gasteiger partial charge in [-0.15, -0.1) is 0 Å². The summed E-state index contributed by atoms with van der Waals surface area (Å²) in [5, 5.41) is 2.94. The van der Waals surface area contributed by atoms with Crippen molar-refractivity contribution in [3.8, 4) is 0 Å². The number of carbonyl (C=O) groups excluding carboxylic acids is 2. The molecule has 5 nitrogen and oxygen atoms in total. The van der Waals surface area contributed by atoms with Crippen molar-refractivity contribution in [1.29, 1.82) is 0 Å². The Morgan fingerprint density at radius 1 is 1.22 bits per heavy atom. The Morgan fingerprint density at radius 3 is 2.65 bits per heavy atom. The second-order valence-corrected chi connectivity index (χ2v) is 6.49. The first kappa shape index (κ1) is 15.8. The summed E-state index contributed by atoms with van der Waals surface area (Å²) in [7, 11) is 0. The molecule has 0 radical (unpaired) electrons. The fourth-order valence-electron chi connectivity index (χ4n) is 2.72. The van der Waals surface area contributed by atoms with Crippen LogP contribution in [-0.2, 0) is 4.79 Å². The van der Waals surface area contributed by atoms with Crippen molar-refractivity contribution >= 4 is 33.4 Å². The number of carbonyl (C=O) groups is 2. The third kappa shape index (κ3) is 3.82. The summed E-state index contributed by atoms with van der Waals surface area (Å²) < 4.78 is 5.87. The Kier molecular flexibility index (Phi) is 4.81. The van der Waals surface area contributed by atoms with E-state index in [1.807, 2.05) is 24.3 Å². The molecule has 2 heterocycles. The van der Waals surface area contributed by atoms with Crippen molar-refractivity contribution in [2.24, 2.45) is 5.92 Å². The molecule has 1 saturated heterocycles. The monoisotopic (exact) mass is 376 g/mol. The molecule has 3 rings (SSSR count).